The Hall–Kier alpha value is -1.48. The van der Waals surface area contributed by atoms with Crippen LogP contribution in [0.25, 0.3) is 0 Å². The zero-order valence-corrected chi connectivity index (χ0v) is 21.2. The van der Waals surface area contributed by atoms with Crippen molar-refractivity contribution in [2.45, 2.75) is 64.2 Å². The van der Waals surface area contributed by atoms with Gasteiger partial charge in [0, 0.05) is 0 Å². The fourth-order valence-corrected chi connectivity index (χ4v) is 8.89. The first-order valence-electron chi connectivity index (χ1n) is 10.9. The summed E-state index contributed by atoms with van der Waals surface area (Å²) in [5.74, 6) is 0. The molecule has 0 aliphatic heterocycles. The lowest BCUT2D eigenvalue weighted by Crippen LogP contribution is -2.21. The van der Waals surface area contributed by atoms with Gasteiger partial charge in [0.05, 0.1) is 0 Å². The molecule has 2 unspecified atom stereocenters. The standard InChI is InChI=1S/C28H36P2/c1-27(2,3)29(25-16-9-7-10-17-25)21-23-14-13-15-24(20-23)22-30(28(4,5)6)26-18-11-8-12-19-26/h7-20H,21-22H2,1-6H3. The molecule has 0 bridgehead atoms. The molecule has 0 aliphatic rings. The van der Waals surface area contributed by atoms with Gasteiger partial charge in [-0.25, -0.2) is 0 Å². The second-order valence-electron chi connectivity index (χ2n) is 10.0. The topological polar surface area (TPSA) is 0 Å². The lowest BCUT2D eigenvalue weighted by molar-refractivity contribution is 0.785. The molecule has 0 saturated heterocycles. The van der Waals surface area contributed by atoms with Crippen LogP contribution in [0.15, 0.2) is 84.9 Å². The predicted octanol–water partition coefficient (Wildman–Crippen LogP) is 7.90. The highest BCUT2D eigenvalue weighted by atomic mass is 31.1. The molecule has 0 aliphatic carbocycles. The van der Waals surface area contributed by atoms with E-state index >= 15 is 0 Å². The van der Waals surface area contributed by atoms with Crippen molar-refractivity contribution in [3.63, 3.8) is 0 Å². The molecule has 3 aromatic rings. The molecular weight excluding hydrogens is 398 g/mol. The largest absolute Gasteiger partial charge is 0.0653 e. The average Bonchev–Trinajstić information content (AvgIpc) is 2.70. The fourth-order valence-electron chi connectivity index (χ4n) is 3.84. The van der Waals surface area contributed by atoms with Crippen LogP contribution >= 0.6 is 15.8 Å². The van der Waals surface area contributed by atoms with Crippen molar-refractivity contribution in [2.24, 2.45) is 0 Å². The molecule has 0 radical (unpaired) electrons. The van der Waals surface area contributed by atoms with E-state index < -0.39 is 0 Å². The summed E-state index contributed by atoms with van der Waals surface area (Å²) in [7, 11) is -0.534. The van der Waals surface area contributed by atoms with E-state index in [2.05, 4.69) is 126 Å². The van der Waals surface area contributed by atoms with Gasteiger partial charge >= 0.3 is 0 Å². The molecule has 0 nitrogen and oxygen atoms in total. The molecule has 0 fully saturated rings. The van der Waals surface area contributed by atoms with E-state index in [9.17, 15) is 0 Å². The zero-order valence-electron chi connectivity index (χ0n) is 19.4. The molecule has 0 heterocycles. The Bertz CT molecular complexity index is 843. The summed E-state index contributed by atoms with van der Waals surface area (Å²) in [5, 5.41) is 3.59. The molecule has 3 rings (SSSR count). The van der Waals surface area contributed by atoms with Crippen LogP contribution in [0.4, 0.5) is 0 Å². The molecule has 0 saturated carbocycles. The lowest BCUT2D eigenvalue weighted by Gasteiger charge is -2.33. The lowest BCUT2D eigenvalue weighted by atomic mass is 10.2. The fraction of sp³-hybridized carbons (Fsp3) is 0.357. The number of benzene rings is 3. The first-order valence-corrected chi connectivity index (χ1v) is 13.9. The minimum Gasteiger partial charge on any atom is -0.0653 e. The van der Waals surface area contributed by atoms with E-state index in [1.165, 1.54) is 21.7 Å². The summed E-state index contributed by atoms with van der Waals surface area (Å²) < 4.78 is 0. The summed E-state index contributed by atoms with van der Waals surface area (Å²) in [4.78, 5) is 0. The van der Waals surface area contributed by atoms with Gasteiger partial charge < -0.3 is 0 Å². The minimum atomic E-state index is -0.267. The first kappa shape index (κ1) is 23.2. The Morgan fingerprint density at radius 3 is 1.20 bits per heavy atom. The van der Waals surface area contributed by atoms with Gasteiger partial charge in [-0.3, -0.25) is 0 Å². The van der Waals surface area contributed by atoms with E-state index in [4.69, 9.17) is 0 Å². The van der Waals surface area contributed by atoms with Crippen molar-refractivity contribution in [3.8, 4) is 0 Å². The Kier molecular flexibility index (Phi) is 7.55. The van der Waals surface area contributed by atoms with Crippen LogP contribution in [0.2, 0.25) is 0 Å². The monoisotopic (exact) mass is 434 g/mol. The second kappa shape index (κ2) is 9.77. The highest BCUT2D eigenvalue weighted by Gasteiger charge is 2.27. The van der Waals surface area contributed by atoms with Gasteiger partial charge in [0.25, 0.3) is 0 Å². The molecule has 30 heavy (non-hydrogen) atoms. The van der Waals surface area contributed by atoms with Crippen molar-refractivity contribution in [1.82, 2.24) is 0 Å². The van der Waals surface area contributed by atoms with E-state index in [1.807, 2.05) is 0 Å². The molecular formula is C28H36P2. The molecule has 0 amide bonds. The van der Waals surface area contributed by atoms with E-state index in [0.717, 1.165) is 12.3 Å². The minimum absolute atomic E-state index is 0.267. The zero-order chi connectivity index (χ0) is 21.8. The van der Waals surface area contributed by atoms with Crippen LogP contribution in [0.5, 0.6) is 0 Å². The molecule has 0 spiro atoms. The van der Waals surface area contributed by atoms with Crippen molar-refractivity contribution in [1.29, 1.82) is 0 Å². The highest BCUT2D eigenvalue weighted by molar-refractivity contribution is 7.66. The summed E-state index contributed by atoms with van der Waals surface area (Å²) in [6.45, 7) is 14.4. The molecule has 2 atom stereocenters. The molecule has 3 aromatic carbocycles. The molecule has 158 valence electrons. The maximum Gasteiger partial charge on any atom is -0.00280 e. The van der Waals surface area contributed by atoms with Crippen LogP contribution in [0.3, 0.4) is 0 Å². The predicted molar refractivity (Wildman–Crippen MR) is 139 cm³/mol. The van der Waals surface area contributed by atoms with Crippen LogP contribution in [-0.2, 0) is 12.3 Å². The summed E-state index contributed by atoms with van der Waals surface area (Å²) in [6.07, 6.45) is 2.30. The second-order valence-corrected chi connectivity index (χ2v) is 16.1. The molecule has 0 N–H and O–H groups in total. The third-order valence-corrected chi connectivity index (χ3v) is 11.9. The third kappa shape index (κ3) is 6.26. The van der Waals surface area contributed by atoms with Gasteiger partial charge in [-0.1, -0.05) is 142 Å². The van der Waals surface area contributed by atoms with Crippen LogP contribution in [0.1, 0.15) is 52.7 Å². The quantitative estimate of drug-likeness (QED) is 0.346. The Morgan fingerprint density at radius 2 is 0.867 bits per heavy atom. The van der Waals surface area contributed by atoms with Gasteiger partial charge in [-0.15, -0.1) is 0 Å². The highest BCUT2D eigenvalue weighted by Crippen LogP contribution is 2.53. The van der Waals surface area contributed by atoms with Crippen molar-refractivity contribution >= 4 is 26.5 Å². The molecule has 0 aromatic heterocycles. The van der Waals surface area contributed by atoms with Crippen LogP contribution in [0, 0.1) is 0 Å². The van der Waals surface area contributed by atoms with E-state index in [-0.39, 0.29) is 26.2 Å². The molecule has 2 heteroatoms. The maximum absolute atomic E-state index is 2.48. The van der Waals surface area contributed by atoms with Gasteiger partial charge in [-0.05, 0) is 44.4 Å². The first-order chi connectivity index (χ1) is 14.1. The Morgan fingerprint density at radius 1 is 0.500 bits per heavy atom. The Labute approximate surface area is 186 Å². The van der Waals surface area contributed by atoms with Crippen LogP contribution < -0.4 is 10.6 Å². The summed E-state index contributed by atoms with van der Waals surface area (Å²) >= 11 is 0. The summed E-state index contributed by atoms with van der Waals surface area (Å²) in [6, 6.07) is 31.6. The average molecular weight is 435 g/mol. The van der Waals surface area contributed by atoms with Gasteiger partial charge in [0.2, 0.25) is 0 Å². The normalized spacial score (nSPS) is 14.3. The SMILES string of the molecule is CC(C)(C)P(Cc1cccc(CP(c2ccccc2)C(C)(C)C)c1)c1ccccc1. The number of hydrogen-bond donors (Lipinski definition) is 0. The third-order valence-electron chi connectivity index (χ3n) is 5.43. The van der Waals surface area contributed by atoms with Gasteiger partial charge in [-0.2, -0.15) is 0 Å². The van der Waals surface area contributed by atoms with E-state index in [1.54, 1.807) is 0 Å². The van der Waals surface area contributed by atoms with Gasteiger partial charge in [0.1, 0.15) is 0 Å². The van der Waals surface area contributed by atoms with Crippen molar-refractivity contribution < 1.29 is 0 Å². The number of hydrogen-bond acceptors (Lipinski definition) is 0. The summed E-state index contributed by atoms with van der Waals surface area (Å²) in [5.41, 5.74) is 2.96. The maximum atomic E-state index is 2.48. The Balaban J connectivity index is 1.86. The number of rotatable bonds is 6. The van der Waals surface area contributed by atoms with Crippen molar-refractivity contribution in [3.05, 3.63) is 96.1 Å². The van der Waals surface area contributed by atoms with Gasteiger partial charge in [0.15, 0.2) is 0 Å². The smallest absolute Gasteiger partial charge is 0.00280 e. The van der Waals surface area contributed by atoms with E-state index in [0.29, 0.717) is 0 Å². The van der Waals surface area contributed by atoms with Crippen LogP contribution in [-0.4, -0.2) is 10.3 Å². The van der Waals surface area contributed by atoms with Crippen molar-refractivity contribution in [2.75, 3.05) is 0 Å².